The van der Waals surface area contributed by atoms with Gasteiger partial charge in [0.1, 0.15) is 13.1 Å². The van der Waals surface area contributed by atoms with Crippen LogP contribution in [0.3, 0.4) is 0 Å². The highest BCUT2D eigenvalue weighted by Gasteiger charge is 2.31. The summed E-state index contributed by atoms with van der Waals surface area (Å²) in [4.78, 5) is 24.1. The van der Waals surface area contributed by atoms with Gasteiger partial charge in [0.15, 0.2) is 6.04 Å². The van der Waals surface area contributed by atoms with Crippen molar-refractivity contribution in [3.8, 4) is 0 Å². The molecule has 108 valence electrons. The van der Waals surface area contributed by atoms with Gasteiger partial charge >= 0.3 is 0 Å². The molecule has 1 aromatic rings. The maximum atomic E-state index is 12.3. The van der Waals surface area contributed by atoms with Crippen LogP contribution in [-0.4, -0.2) is 44.2 Å². The zero-order valence-corrected chi connectivity index (χ0v) is 11.1. The lowest BCUT2D eigenvalue weighted by atomic mass is 10.1. The quantitative estimate of drug-likeness (QED) is 0.656. The lowest BCUT2D eigenvalue weighted by Gasteiger charge is -2.30. The maximum absolute atomic E-state index is 12.3. The van der Waals surface area contributed by atoms with Crippen LogP contribution < -0.4 is 15.3 Å². The average Bonchev–Trinajstić information content (AvgIpc) is 2.46. The lowest BCUT2D eigenvalue weighted by Crippen LogP contribution is -3.19. The maximum Gasteiger partial charge on any atom is 0.283 e. The predicted molar refractivity (Wildman–Crippen MR) is 70.0 cm³/mol. The largest absolute Gasteiger partial charge is 0.550 e. The van der Waals surface area contributed by atoms with Crippen molar-refractivity contribution in [2.75, 3.05) is 31.6 Å². The molecule has 1 fully saturated rings. The Labute approximate surface area is 117 Å². The van der Waals surface area contributed by atoms with Crippen LogP contribution in [0.2, 0.25) is 0 Å². The lowest BCUT2D eigenvalue weighted by molar-refractivity contribution is -0.923. The number of quaternary nitrogens is 1. The van der Waals surface area contributed by atoms with E-state index < -0.39 is 12.0 Å². The number of hydrogen-bond acceptors (Lipinski definition) is 4. The van der Waals surface area contributed by atoms with E-state index in [2.05, 4.69) is 5.32 Å². The number of hydrogen-bond donors (Lipinski definition) is 2. The van der Waals surface area contributed by atoms with E-state index in [1.807, 2.05) is 18.2 Å². The molecule has 6 heteroatoms. The number of amides is 1. The molecule has 1 aromatic carbocycles. The number of ether oxygens (including phenoxy) is 1. The van der Waals surface area contributed by atoms with E-state index >= 15 is 0 Å². The van der Waals surface area contributed by atoms with Crippen molar-refractivity contribution in [1.29, 1.82) is 0 Å². The first-order chi connectivity index (χ1) is 9.66. The highest BCUT2D eigenvalue weighted by molar-refractivity contribution is 5.95. The molecule has 0 aliphatic carbocycles. The summed E-state index contributed by atoms with van der Waals surface area (Å²) >= 11 is 0. The van der Waals surface area contributed by atoms with Gasteiger partial charge in [0.05, 0.1) is 13.2 Å². The van der Waals surface area contributed by atoms with Crippen molar-refractivity contribution >= 4 is 17.6 Å². The van der Waals surface area contributed by atoms with Crippen LogP contribution >= 0.6 is 0 Å². The first kappa shape index (κ1) is 14.5. The van der Waals surface area contributed by atoms with E-state index in [0.29, 0.717) is 32.0 Å². The van der Waals surface area contributed by atoms with E-state index in [-0.39, 0.29) is 12.3 Å². The van der Waals surface area contributed by atoms with E-state index in [1.165, 1.54) is 0 Å². The molecule has 20 heavy (non-hydrogen) atoms. The van der Waals surface area contributed by atoms with Gasteiger partial charge in [-0.2, -0.15) is 0 Å². The van der Waals surface area contributed by atoms with Gasteiger partial charge < -0.3 is 24.9 Å². The van der Waals surface area contributed by atoms with Crippen molar-refractivity contribution in [3.05, 3.63) is 30.3 Å². The molecule has 1 atom stereocenters. The van der Waals surface area contributed by atoms with Crippen molar-refractivity contribution < 1.29 is 24.3 Å². The molecule has 1 aliphatic heterocycles. The number of carbonyl (C=O) groups excluding carboxylic acids is 2. The number of aliphatic carboxylic acids is 1. The first-order valence-corrected chi connectivity index (χ1v) is 6.65. The second-order valence-corrected chi connectivity index (χ2v) is 4.75. The molecule has 1 aliphatic rings. The van der Waals surface area contributed by atoms with E-state index in [0.717, 1.165) is 4.90 Å². The van der Waals surface area contributed by atoms with Gasteiger partial charge in [-0.05, 0) is 12.1 Å². The Bertz CT molecular complexity index is 458. The fourth-order valence-corrected chi connectivity index (χ4v) is 2.32. The summed E-state index contributed by atoms with van der Waals surface area (Å²) < 4.78 is 5.24. The Balaban J connectivity index is 2.05. The third-order valence-corrected chi connectivity index (χ3v) is 3.36. The predicted octanol–water partition coefficient (Wildman–Crippen LogP) is -1.95. The van der Waals surface area contributed by atoms with Crippen molar-refractivity contribution in [2.24, 2.45) is 0 Å². The Morgan fingerprint density at radius 2 is 1.90 bits per heavy atom. The summed E-state index contributed by atoms with van der Waals surface area (Å²) in [5.74, 6) is -1.51. The van der Waals surface area contributed by atoms with E-state index in [4.69, 9.17) is 4.74 Å². The molecule has 6 nitrogen and oxygen atoms in total. The second kappa shape index (κ2) is 7.02. The zero-order valence-electron chi connectivity index (χ0n) is 11.1. The minimum Gasteiger partial charge on any atom is -0.550 e. The normalized spacial score (nSPS) is 17.4. The van der Waals surface area contributed by atoms with Crippen LogP contribution in [0, 0.1) is 0 Å². The molecule has 2 N–H and O–H groups in total. The number of nitrogens with one attached hydrogen (secondary N) is 2. The fraction of sp³-hybridized carbons (Fsp3) is 0.429. The topological polar surface area (TPSA) is 82.9 Å². The number of rotatable bonds is 5. The molecular weight excluding hydrogens is 260 g/mol. The summed E-state index contributed by atoms with van der Waals surface area (Å²) in [6.07, 6.45) is -0.284. The number of anilines is 1. The van der Waals surface area contributed by atoms with Crippen LogP contribution in [0.15, 0.2) is 30.3 Å². The van der Waals surface area contributed by atoms with Gasteiger partial charge in [-0.25, -0.2) is 0 Å². The molecule has 2 rings (SSSR count). The molecule has 1 heterocycles. The minimum absolute atomic E-state index is 0.284. The summed E-state index contributed by atoms with van der Waals surface area (Å²) in [6, 6.07) is 8.35. The first-order valence-electron chi connectivity index (χ1n) is 6.65. The summed E-state index contributed by atoms with van der Waals surface area (Å²) in [7, 11) is 0. The van der Waals surface area contributed by atoms with Crippen molar-refractivity contribution in [1.82, 2.24) is 0 Å². The number of benzene rings is 1. The number of carboxylic acid groups (broad SMARTS) is 1. The van der Waals surface area contributed by atoms with Gasteiger partial charge in [-0.1, -0.05) is 18.2 Å². The zero-order chi connectivity index (χ0) is 14.4. The molecular formula is C14H18N2O4. The van der Waals surface area contributed by atoms with Crippen LogP contribution in [-0.2, 0) is 14.3 Å². The second-order valence-electron chi connectivity index (χ2n) is 4.75. The highest BCUT2D eigenvalue weighted by Crippen LogP contribution is 2.05. The summed E-state index contributed by atoms with van der Waals surface area (Å²) in [6.45, 7) is 2.33. The van der Waals surface area contributed by atoms with Crippen molar-refractivity contribution in [3.63, 3.8) is 0 Å². The van der Waals surface area contributed by atoms with Gasteiger partial charge in [-0.3, -0.25) is 4.79 Å². The minimum atomic E-state index is -1.21. The van der Waals surface area contributed by atoms with Gasteiger partial charge in [0.2, 0.25) is 0 Å². The van der Waals surface area contributed by atoms with Crippen molar-refractivity contribution in [2.45, 2.75) is 12.5 Å². The van der Waals surface area contributed by atoms with Gasteiger partial charge in [-0.15, -0.1) is 0 Å². The molecule has 1 amide bonds. The fourth-order valence-electron chi connectivity index (χ4n) is 2.32. The average molecular weight is 278 g/mol. The van der Waals surface area contributed by atoms with Crippen LogP contribution in [0.25, 0.3) is 0 Å². The Morgan fingerprint density at radius 3 is 2.50 bits per heavy atom. The highest BCUT2D eigenvalue weighted by atomic mass is 16.5. The Morgan fingerprint density at radius 1 is 1.25 bits per heavy atom. The standard InChI is InChI=1S/C14H18N2O4/c17-13(18)10-12(16-6-8-20-9-7-16)14(19)15-11-4-2-1-3-5-11/h1-5,12H,6-10H2,(H,15,19)(H,17,18)/t12-/m1/s1. The number of carboxylic acids is 1. The van der Waals surface area contributed by atoms with Crippen LogP contribution in [0.1, 0.15) is 6.42 Å². The molecule has 0 aromatic heterocycles. The number of carbonyl (C=O) groups is 2. The van der Waals surface area contributed by atoms with Crippen LogP contribution in [0.4, 0.5) is 5.69 Å². The van der Waals surface area contributed by atoms with E-state index in [1.54, 1.807) is 12.1 Å². The molecule has 0 saturated carbocycles. The summed E-state index contributed by atoms with van der Waals surface area (Å²) in [5.41, 5.74) is 0.661. The molecule has 1 saturated heterocycles. The summed E-state index contributed by atoms with van der Waals surface area (Å²) in [5, 5.41) is 13.6. The molecule has 0 unspecified atom stereocenters. The molecule has 0 spiro atoms. The third kappa shape index (κ3) is 4.04. The van der Waals surface area contributed by atoms with Gasteiger partial charge in [0.25, 0.3) is 5.91 Å². The number of para-hydroxylation sites is 1. The Hall–Kier alpha value is -1.92. The molecule has 0 radical (unpaired) electrons. The van der Waals surface area contributed by atoms with Gasteiger partial charge in [0, 0.05) is 18.1 Å². The monoisotopic (exact) mass is 278 g/mol. The van der Waals surface area contributed by atoms with E-state index in [9.17, 15) is 14.7 Å². The number of morpholine rings is 1. The SMILES string of the molecule is O=C([O-])C[C@H](C(=O)Nc1ccccc1)[NH+]1CCOCC1. The Kier molecular flexibility index (Phi) is 5.09. The van der Waals surface area contributed by atoms with Crippen LogP contribution in [0.5, 0.6) is 0 Å². The molecule has 0 bridgehead atoms. The third-order valence-electron chi connectivity index (χ3n) is 3.36. The smallest absolute Gasteiger partial charge is 0.283 e.